The largest absolute Gasteiger partial charge is 0.508 e. The highest BCUT2D eigenvalue weighted by Gasteiger charge is 2.20. The van der Waals surface area contributed by atoms with Crippen molar-refractivity contribution < 1.29 is 24.5 Å². The van der Waals surface area contributed by atoms with Crippen LogP contribution in [-0.2, 0) is 0 Å². The molecule has 2 saturated carbocycles. The summed E-state index contributed by atoms with van der Waals surface area (Å²) >= 11 is 0. The van der Waals surface area contributed by atoms with E-state index in [1.165, 1.54) is 62.5 Å². The fourth-order valence-corrected chi connectivity index (χ4v) is 6.42. The molecule has 0 aliphatic heterocycles. The summed E-state index contributed by atoms with van der Waals surface area (Å²) in [6, 6.07) is 29.5. The average molecular weight is 659 g/mol. The van der Waals surface area contributed by atoms with Crippen molar-refractivity contribution in [2.24, 2.45) is 11.8 Å². The molecular formula is C44H50O5. The molecule has 2 N–H and O–H groups in total. The van der Waals surface area contributed by atoms with Gasteiger partial charge in [0.05, 0.1) is 11.1 Å². The first-order valence-electron chi connectivity index (χ1n) is 17.4. The van der Waals surface area contributed by atoms with E-state index in [1.54, 1.807) is 60.7 Å². The zero-order chi connectivity index (χ0) is 35.2. The fraction of sp³-hybridized carbons (Fsp3) is 0.318. The van der Waals surface area contributed by atoms with Gasteiger partial charge in [-0.1, -0.05) is 113 Å². The molecule has 5 heteroatoms. The molecule has 4 aromatic rings. The van der Waals surface area contributed by atoms with E-state index in [1.807, 2.05) is 24.3 Å². The Morgan fingerprint density at radius 2 is 0.980 bits per heavy atom. The predicted molar refractivity (Wildman–Crippen MR) is 200 cm³/mol. The third-order valence-electron chi connectivity index (χ3n) is 9.73. The second-order valence-electron chi connectivity index (χ2n) is 13.4. The van der Waals surface area contributed by atoms with Crippen LogP contribution in [0.4, 0.5) is 0 Å². The number of ether oxygens (including phenoxy) is 1. The van der Waals surface area contributed by atoms with Crippen molar-refractivity contribution in [2.45, 2.75) is 77.0 Å². The van der Waals surface area contributed by atoms with Gasteiger partial charge >= 0.3 is 11.9 Å². The molecule has 0 radical (unpaired) electrons. The Morgan fingerprint density at radius 1 is 0.592 bits per heavy atom. The van der Waals surface area contributed by atoms with Crippen molar-refractivity contribution in [3.63, 3.8) is 0 Å². The van der Waals surface area contributed by atoms with E-state index in [4.69, 9.17) is 9.84 Å². The summed E-state index contributed by atoms with van der Waals surface area (Å²) < 4.78 is 5.47. The number of carbonyl (C=O) groups excluding carboxylic acids is 1. The first kappa shape index (κ1) is 36.9. The molecule has 6 rings (SSSR count). The van der Waals surface area contributed by atoms with Crippen LogP contribution in [0, 0.1) is 11.8 Å². The molecule has 2 aliphatic rings. The van der Waals surface area contributed by atoms with Crippen LogP contribution in [0.25, 0.3) is 12.2 Å². The standard InChI is InChI=1S/C22H24O2.C13H18O.C9H8O2/c1-3-17-6-10-20(11-7-17)22(23)24-21-14-12-19(13-15-21)18-8-4-16(2)5-9-18;1-10-2-4-11(5-3-10)12-6-8-13(14)9-7-12;1-2-7-3-5-8(6-4-7)9(10)11/h3,6-7,10-16,18H,1,4-5,8-9H2,2H3;6-11,14H,2-5H2,1H3;2-6H,1H2,(H,10,11). The number of carboxylic acids is 1. The molecular weight excluding hydrogens is 608 g/mol. The molecule has 2 aliphatic carbocycles. The smallest absolute Gasteiger partial charge is 0.343 e. The number of hydrogen-bond acceptors (Lipinski definition) is 4. The van der Waals surface area contributed by atoms with Gasteiger partial charge in [-0.05, 0) is 120 Å². The zero-order valence-corrected chi connectivity index (χ0v) is 28.9. The van der Waals surface area contributed by atoms with Crippen LogP contribution in [-0.4, -0.2) is 22.2 Å². The maximum Gasteiger partial charge on any atom is 0.343 e. The van der Waals surface area contributed by atoms with Crippen molar-refractivity contribution in [2.75, 3.05) is 0 Å². The van der Waals surface area contributed by atoms with Crippen LogP contribution in [0.3, 0.4) is 0 Å². The molecule has 0 amide bonds. The molecule has 0 heterocycles. The van der Waals surface area contributed by atoms with E-state index in [2.05, 4.69) is 51.3 Å². The summed E-state index contributed by atoms with van der Waals surface area (Å²) in [6.07, 6.45) is 13.9. The van der Waals surface area contributed by atoms with Gasteiger partial charge < -0.3 is 14.9 Å². The molecule has 4 aromatic carbocycles. The Kier molecular flexibility index (Phi) is 14.0. The number of hydrogen-bond donors (Lipinski definition) is 2. The van der Waals surface area contributed by atoms with Crippen LogP contribution >= 0.6 is 0 Å². The van der Waals surface area contributed by atoms with Crippen LogP contribution < -0.4 is 4.74 Å². The second-order valence-corrected chi connectivity index (χ2v) is 13.4. The van der Waals surface area contributed by atoms with Crippen LogP contribution in [0.15, 0.2) is 110 Å². The maximum absolute atomic E-state index is 12.2. The van der Waals surface area contributed by atoms with Crippen molar-refractivity contribution in [3.8, 4) is 11.5 Å². The van der Waals surface area contributed by atoms with E-state index < -0.39 is 5.97 Å². The van der Waals surface area contributed by atoms with E-state index in [-0.39, 0.29) is 5.97 Å². The van der Waals surface area contributed by atoms with E-state index >= 15 is 0 Å². The Morgan fingerprint density at radius 3 is 1.37 bits per heavy atom. The lowest BCUT2D eigenvalue weighted by Gasteiger charge is -2.26. The van der Waals surface area contributed by atoms with Gasteiger partial charge in [0.25, 0.3) is 0 Å². The molecule has 0 bridgehead atoms. The number of carboxylic acid groups (broad SMARTS) is 1. The van der Waals surface area contributed by atoms with Gasteiger partial charge in [-0.3, -0.25) is 0 Å². The van der Waals surface area contributed by atoms with Crippen LogP contribution in [0.5, 0.6) is 11.5 Å². The topological polar surface area (TPSA) is 83.8 Å². The predicted octanol–water partition coefficient (Wildman–Crippen LogP) is 11.6. The number of aromatic hydroxyl groups is 1. The minimum absolute atomic E-state index is 0.301. The van der Waals surface area contributed by atoms with Gasteiger partial charge in [0.1, 0.15) is 11.5 Å². The molecule has 0 unspecified atom stereocenters. The number of phenols is 1. The lowest BCUT2D eigenvalue weighted by atomic mass is 9.79. The van der Waals surface area contributed by atoms with Crippen molar-refractivity contribution in [3.05, 3.63) is 144 Å². The summed E-state index contributed by atoms with van der Waals surface area (Å²) in [4.78, 5) is 22.6. The van der Waals surface area contributed by atoms with Crippen molar-refractivity contribution in [1.29, 1.82) is 0 Å². The first-order chi connectivity index (χ1) is 23.6. The van der Waals surface area contributed by atoms with Gasteiger partial charge in [-0.25, -0.2) is 9.59 Å². The van der Waals surface area contributed by atoms with Crippen molar-refractivity contribution >= 4 is 24.1 Å². The average Bonchev–Trinajstić information content (AvgIpc) is 3.13. The van der Waals surface area contributed by atoms with E-state index in [0.717, 1.165) is 28.9 Å². The molecule has 0 saturated heterocycles. The number of esters is 1. The summed E-state index contributed by atoms with van der Waals surface area (Å²) in [5, 5.41) is 17.7. The number of carbonyl (C=O) groups is 2. The molecule has 0 aromatic heterocycles. The number of benzene rings is 4. The molecule has 2 fully saturated rings. The summed E-state index contributed by atoms with van der Waals surface area (Å²) in [5.41, 5.74) is 5.51. The van der Waals surface area contributed by atoms with Crippen LogP contribution in [0.2, 0.25) is 0 Å². The number of aromatic carboxylic acids is 1. The quantitative estimate of drug-likeness (QED) is 0.152. The zero-order valence-electron chi connectivity index (χ0n) is 28.9. The van der Waals surface area contributed by atoms with Gasteiger partial charge in [0.2, 0.25) is 0 Å². The third-order valence-corrected chi connectivity index (χ3v) is 9.73. The molecule has 49 heavy (non-hydrogen) atoms. The lowest BCUT2D eigenvalue weighted by Crippen LogP contribution is -2.11. The Balaban J connectivity index is 0.000000183. The highest BCUT2D eigenvalue weighted by atomic mass is 16.5. The molecule has 0 atom stereocenters. The highest BCUT2D eigenvalue weighted by Crippen LogP contribution is 2.37. The number of rotatable bonds is 7. The molecule has 5 nitrogen and oxygen atoms in total. The van der Waals surface area contributed by atoms with Gasteiger partial charge in [0.15, 0.2) is 0 Å². The van der Waals surface area contributed by atoms with E-state index in [0.29, 0.717) is 28.5 Å². The summed E-state index contributed by atoms with van der Waals surface area (Å²) in [6.45, 7) is 11.9. The SMILES string of the molecule is C=Cc1ccc(C(=O)O)cc1.C=Cc1ccc(C(=O)Oc2ccc(C3CCC(C)CC3)cc2)cc1.CC1CCC(c2ccc(O)cc2)CC1. The normalized spacial score (nSPS) is 19.9. The fourth-order valence-electron chi connectivity index (χ4n) is 6.42. The molecule has 256 valence electrons. The lowest BCUT2D eigenvalue weighted by molar-refractivity contribution is 0.0694. The highest BCUT2D eigenvalue weighted by molar-refractivity contribution is 5.91. The minimum Gasteiger partial charge on any atom is -0.508 e. The van der Waals surface area contributed by atoms with Crippen molar-refractivity contribution in [1.82, 2.24) is 0 Å². The van der Waals surface area contributed by atoms with Gasteiger partial charge in [0, 0.05) is 0 Å². The minimum atomic E-state index is -0.902. The third kappa shape index (κ3) is 11.6. The maximum atomic E-state index is 12.2. The van der Waals surface area contributed by atoms with E-state index in [9.17, 15) is 14.7 Å². The Hall–Kier alpha value is -4.90. The monoisotopic (exact) mass is 658 g/mol. The van der Waals surface area contributed by atoms with Crippen LogP contribution in [0.1, 0.15) is 120 Å². The second kappa shape index (κ2) is 18.6. The Bertz CT molecular complexity index is 1620. The Labute approximate surface area is 292 Å². The van der Waals surface area contributed by atoms with Gasteiger partial charge in [-0.15, -0.1) is 0 Å². The first-order valence-corrected chi connectivity index (χ1v) is 17.4. The summed E-state index contributed by atoms with van der Waals surface area (Å²) in [7, 11) is 0. The number of phenolic OH excluding ortho intramolecular Hbond substituents is 1. The molecule has 0 spiro atoms. The van der Waals surface area contributed by atoms with Gasteiger partial charge in [-0.2, -0.15) is 0 Å². The summed E-state index contributed by atoms with van der Waals surface area (Å²) in [5.74, 6) is 2.88.